The van der Waals surface area contributed by atoms with E-state index in [0.29, 0.717) is 5.92 Å². The Morgan fingerprint density at radius 1 is 0.957 bits per heavy atom. The molecule has 1 aliphatic heterocycles. The lowest BCUT2D eigenvalue weighted by Gasteiger charge is -2.25. The van der Waals surface area contributed by atoms with Crippen molar-refractivity contribution in [2.45, 2.75) is 26.2 Å². The van der Waals surface area contributed by atoms with Crippen molar-refractivity contribution in [3.05, 3.63) is 58.1 Å². The summed E-state index contributed by atoms with van der Waals surface area (Å²) in [5, 5.41) is 3.59. The molecule has 1 unspecified atom stereocenters. The summed E-state index contributed by atoms with van der Waals surface area (Å²) in [6.07, 6.45) is 1.02. The summed E-state index contributed by atoms with van der Waals surface area (Å²) in [5.74, 6) is 2.08. The van der Waals surface area contributed by atoms with Gasteiger partial charge in [-0.15, -0.1) is 0 Å². The number of ether oxygens (including phenoxy) is 2. The number of methoxy groups -OCH3 is 2. The normalized spacial score (nSPS) is 17.3. The van der Waals surface area contributed by atoms with E-state index in [0.717, 1.165) is 31.0 Å². The summed E-state index contributed by atoms with van der Waals surface area (Å²) in [5.41, 5.74) is 6.55. The molecular weight excluding hydrogens is 286 g/mol. The van der Waals surface area contributed by atoms with E-state index >= 15 is 0 Å². The first-order valence-electron chi connectivity index (χ1n) is 8.18. The van der Waals surface area contributed by atoms with Gasteiger partial charge in [0.15, 0.2) is 11.5 Å². The quantitative estimate of drug-likeness (QED) is 0.939. The molecule has 0 saturated heterocycles. The minimum atomic E-state index is 0.340. The lowest BCUT2D eigenvalue weighted by molar-refractivity contribution is 0.349. The Labute approximate surface area is 138 Å². The van der Waals surface area contributed by atoms with Crippen LogP contribution in [-0.4, -0.2) is 27.3 Å². The molecule has 23 heavy (non-hydrogen) atoms. The van der Waals surface area contributed by atoms with E-state index in [9.17, 15) is 0 Å². The van der Waals surface area contributed by atoms with Crippen LogP contribution in [0.2, 0.25) is 0 Å². The van der Waals surface area contributed by atoms with Crippen LogP contribution in [0, 0.1) is 13.8 Å². The van der Waals surface area contributed by atoms with Gasteiger partial charge >= 0.3 is 0 Å². The number of nitrogens with one attached hydrogen (secondary N) is 1. The van der Waals surface area contributed by atoms with Crippen molar-refractivity contribution >= 4 is 0 Å². The zero-order valence-corrected chi connectivity index (χ0v) is 14.4. The van der Waals surface area contributed by atoms with Gasteiger partial charge in [0.1, 0.15) is 0 Å². The van der Waals surface area contributed by atoms with Gasteiger partial charge < -0.3 is 14.8 Å². The first kappa shape index (κ1) is 15.9. The van der Waals surface area contributed by atoms with Gasteiger partial charge in [-0.3, -0.25) is 0 Å². The molecule has 2 aromatic rings. The van der Waals surface area contributed by atoms with E-state index in [4.69, 9.17) is 9.47 Å². The Kier molecular flexibility index (Phi) is 4.58. The number of hydrogen-bond donors (Lipinski definition) is 1. The van der Waals surface area contributed by atoms with E-state index in [2.05, 4.69) is 49.5 Å². The summed E-state index contributed by atoms with van der Waals surface area (Å²) >= 11 is 0. The van der Waals surface area contributed by atoms with E-state index in [-0.39, 0.29) is 0 Å². The molecule has 122 valence electrons. The summed E-state index contributed by atoms with van der Waals surface area (Å²) in [6.45, 7) is 6.24. The van der Waals surface area contributed by atoms with Gasteiger partial charge in [0, 0.05) is 12.5 Å². The van der Waals surface area contributed by atoms with Crippen LogP contribution >= 0.6 is 0 Å². The minimum Gasteiger partial charge on any atom is -0.493 e. The standard InChI is InChI=1S/C20H25NO2/c1-13-16-10-11-21-12-17(15-8-6-5-7-9-15)18(16)14(2)20(23-4)19(13)22-3/h5-9,17,21H,10-12H2,1-4H3. The van der Waals surface area contributed by atoms with Crippen LogP contribution in [0.3, 0.4) is 0 Å². The van der Waals surface area contributed by atoms with Crippen molar-refractivity contribution in [1.82, 2.24) is 5.32 Å². The molecule has 3 rings (SSSR count). The number of hydrogen-bond acceptors (Lipinski definition) is 3. The Bertz CT molecular complexity index is 695. The molecule has 0 fully saturated rings. The zero-order chi connectivity index (χ0) is 16.4. The average molecular weight is 311 g/mol. The molecule has 0 radical (unpaired) electrons. The SMILES string of the molecule is COc1c(C)c2c(c(C)c1OC)C(c1ccccc1)CNCC2. The number of fused-ring (bicyclic) bond motifs is 1. The molecule has 0 bridgehead atoms. The maximum absolute atomic E-state index is 5.69. The van der Waals surface area contributed by atoms with Crippen molar-refractivity contribution in [2.75, 3.05) is 27.3 Å². The molecule has 0 aromatic heterocycles. The first-order valence-corrected chi connectivity index (χ1v) is 8.18. The summed E-state index contributed by atoms with van der Waals surface area (Å²) in [7, 11) is 3.45. The second kappa shape index (κ2) is 6.63. The highest BCUT2D eigenvalue weighted by atomic mass is 16.5. The fourth-order valence-electron chi connectivity index (χ4n) is 3.85. The zero-order valence-electron chi connectivity index (χ0n) is 14.4. The molecule has 1 aliphatic rings. The molecule has 0 spiro atoms. The smallest absolute Gasteiger partial charge is 0.164 e. The van der Waals surface area contributed by atoms with Crippen LogP contribution in [0.25, 0.3) is 0 Å². The van der Waals surface area contributed by atoms with Gasteiger partial charge in [0.2, 0.25) is 0 Å². The number of rotatable bonds is 3. The van der Waals surface area contributed by atoms with Crippen LogP contribution in [0.1, 0.15) is 33.7 Å². The van der Waals surface area contributed by atoms with E-state index in [1.165, 1.54) is 27.8 Å². The third kappa shape index (κ3) is 2.70. The van der Waals surface area contributed by atoms with Crippen LogP contribution in [0.4, 0.5) is 0 Å². The minimum absolute atomic E-state index is 0.340. The van der Waals surface area contributed by atoms with Crippen LogP contribution in [0.5, 0.6) is 11.5 Å². The highest BCUT2D eigenvalue weighted by Crippen LogP contribution is 2.44. The van der Waals surface area contributed by atoms with Crippen LogP contribution < -0.4 is 14.8 Å². The van der Waals surface area contributed by atoms with Gasteiger partial charge in [-0.2, -0.15) is 0 Å². The van der Waals surface area contributed by atoms with Gasteiger partial charge in [-0.1, -0.05) is 30.3 Å². The fraction of sp³-hybridized carbons (Fsp3) is 0.400. The molecule has 2 aromatic carbocycles. The lowest BCUT2D eigenvalue weighted by Crippen LogP contribution is -2.21. The first-order chi connectivity index (χ1) is 11.2. The molecule has 3 nitrogen and oxygen atoms in total. The highest BCUT2D eigenvalue weighted by Gasteiger charge is 2.28. The molecule has 0 aliphatic carbocycles. The summed E-state index contributed by atoms with van der Waals surface area (Å²) in [4.78, 5) is 0. The summed E-state index contributed by atoms with van der Waals surface area (Å²) in [6, 6.07) is 10.7. The molecule has 3 heteroatoms. The molecule has 0 saturated carbocycles. The topological polar surface area (TPSA) is 30.5 Å². The van der Waals surface area contributed by atoms with E-state index in [1.54, 1.807) is 14.2 Å². The molecule has 0 amide bonds. The second-order valence-electron chi connectivity index (χ2n) is 6.13. The molecule has 1 heterocycles. The Morgan fingerprint density at radius 2 is 1.61 bits per heavy atom. The maximum atomic E-state index is 5.69. The maximum Gasteiger partial charge on any atom is 0.164 e. The van der Waals surface area contributed by atoms with Crippen molar-refractivity contribution < 1.29 is 9.47 Å². The monoisotopic (exact) mass is 311 g/mol. The third-order valence-corrected chi connectivity index (χ3v) is 4.93. The van der Waals surface area contributed by atoms with Crippen molar-refractivity contribution in [3.8, 4) is 11.5 Å². The molecule has 1 N–H and O–H groups in total. The average Bonchev–Trinajstić information content (AvgIpc) is 2.81. The Hall–Kier alpha value is -2.00. The van der Waals surface area contributed by atoms with Crippen LogP contribution in [0.15, 0.2) is 30.3 Å². The lowest BCUT2D eigenvalue weighted by atomic mass is 9.82. The third-order valence-electron chi connectivity index (χ3n) is 4.93. The van der Waals surface area contributed by atoms with E-state index < -0.39 is 0 Å². The van der Waals surface area contributed by atoms with Gasteiger partial charge in [-0.25, -0.2) is 0 Å². The number of benzene rings is 2. The van der Waals surface area contributed by atoms with Gasteiger partial charge in [0.05, 0.1) is 14.2 Å². The van der Waals surface area contributed by atoms with E-state index in [1.807, 2.05) is 0 Å². The summed E-state index contributed by atoms with van der Waals surface area (Å²) < 4.78 is 11.3. The fourth-order valence-corrected chi connectivity index (χ4v) is 3.85. The van der Waals surface area contributed by atoms with Crippen LogP contribution in [-0.2, 0) is 6.42 Å². The molecular formula is C20H25NO2. The Balaban J connectivity index is 2.26. The predicted octanol–water partition coefficient (Wildman–Crippen LogP) is 3.60. The molecule has 1 atom stereocenters. The second-order valence-corrected chi connectivity index (χ2v) is 6.13. The van der Waals surface area contributed by atoms with Crippen molar-refractivity contribution in [3.63, 3.8) is 0 Å². The van der Waals surface area contributed by atoms with Gasteiger partial charge in [-0.05, 0) is 54.6 Å². The van der Waals surface area contributed by atoms with Crippen molar-refractivity contribution in [2.24, 2.45) is 0 Å². The Morgan fingerprint density at radius 3 is 2.26 bits per heavy atom. The predicted molar refractivity (Wildman–Crippen MR) is 93.9 cm³/mol. The van der Waals surface area contributed by atoms with Crippen molar-refractivity contribution in [1.29, 1.82) is 0 Å². The highest BCUT2D eigenvalue weighted by molar-refractivity contribution is 5.62. The van der Waals surface area contributed by atoms with Gasteiger partial charge in [0.25, 0.3) is 0 Å². The largest absolute Gasteiger partial charge is 0.493 e.